The Labute approximate surface area is 144 Å². The van der Waals surface area contributed by atoms with Crippen molar-refractivity contribution in [2.24, 2.45) is 0 Å². The molecule has 0 fully saturated rings. The van der Waals surface area contributed by atoms with Crippen LogP contribution in [0.4, 0.5) is 4.79 Å². The van der Waals surface area contributed by atoms with Gasteiger partial charge in [-0.15, -0.1) is 0 Å². The third-order valence-corrected chi connectivity index (χ3v) is 3.81. The average molecular weight is 345 g/mol. The molecule has 3 aromatic rings. The number of carbonyl (C=O) groups is 1. The largest absolute Gasteiger partial charge is 0.450 e. The fraction of sp³-hybridized carbons (Fsp3) is 0.235. The zero-order chi connectivity index (χ0) is 16.9. The Morgan fingerprint density at radius 1 is 1.38 bits per heavy atom. The number of ether oxygens (including phenoxy) is 1. The minimum atomic E-state index is -0.393. The van der Waals surface area contributed by atoms with Gasteiger partial charge in [-0.05, 0) is 31.0 Å². The van der Waals surface area contributed by atoms with Crippen molar-refractivity contribution < 1.29 is 9.53 Å². The van der Waals surface area contributed by atoms with Gasteiger partial charge in [-0.1, -0.05) is 29.8 Å². The van der Waals surface area contributed by atoms with Crippen molar-refractivity contribution >= 4 is 23.3 Å². The lowest BCUT2D eigenvalue weighted by atomic mass is 10.1. The first kappa shape index (κ1) is 16.3. The molecule has 2 heterocycles. The molecule has 0 aliphatic heterocycles. The van der Waals surface area contributed by atoms with Crippen molar-refractivity contribution in [3.8, 4) is 11.3 Å². The number of benzene rings is 1. The summed E-state index contributed by atoms with van der Waals surface area (Å²) in [5.41, 5.74) is 3.65. The van der Waals surface area contributed by atoms with Crippen LogP contribution in [0.15, 0.2) is 42.7 Å². The second kappa shape index (κ2) is 7.31. The maximum atomic E-state index is 11.3. The molecule has 124 valence electrons. The number of fused-ring (bicyclic) bond motifs is 1. The predicted octanol–water partition coefficient (Wildman–Crippen LogP) is 3.34. The molecule has 1 aromatic carbocycles. The van der Waals surface area contributed by atoms with Crippen LogP contribution in [0.5, 0.6) is 0 Å². The molecule has 0 spiro atoms. The smallest absolute Gasteiger partial charge is 0.407 e. The average Bonchev–Trinajstić information content (AvgIpc) is 2.97. The highest BCUT2D eigenvalue weighted by atomic mass is 35.5. The first-order valence-electron chi connectivity index (χ1n) is 7.67. The Bertz CT molecular complexity index is 863. The van der Waals surface area contributed by atoms with Gasteiger partial charge in [0, 0.05) is 18.3 Å². The predicted molar refractivity (Wildman–Crippen MR) is 92.2 cm³/mol. The third kappa shape index (κ3) is 3.49. The molecular formula is C17H17ClN4O2. The first-order chi connectivity index (χ1) is 11.7. The van der Waals surface area contributed by atoms with Crippen molar-refractivity contribution in [1.29, 1.82) is 0 Å². The van der Waals surface area contributed by atoms with Gasteiger partial charge in [0.25, 0.3) is 0 Å². The summed E-state index contributed by atoms with van der Waals surface area (Å²) >= 11 is 6.09. The summed E-state index contributed by atoms with van der Waals surface area (Å²) in [4.78, 5) is 15.5. The number of hydrogen-bond donors (Lipinski definition) is 1. The molecule has 0 atom stereocenters. The molecule has 24 heavy (non-hydrogen) atoms. The molecule has 0 radical (unpaired) electrons. The quantitative estimate of drug-likeness (QED) is 0.770. The maximum Gasteiger partial charge on any atom is 0.407 e. The van der Waals surface area contributed by atoms with Gasteiger partial charge in [0.2, 0.25) is 0 Å². The van der Waals surface area contributed by atoms with E-state index >= 15 is 0 Å². The fourth-order valence-corrected chi connectivity index (χ4v) is 2.63. The summed E-state index contributed by atoms with van der Waals surface area (Å²) in [6, 6.07) is 9.97. The van der Waals surface area contributed by atoms with Crippen molar-refractivity contribution in [2.75, 3.05) is 13.2 Å². The molecule has 0 aliphatic rings. The van der Waals surface area contributed by atoms with Crippen LogP contribution in [0.25, 0.3) is 16.9 Å². The monoisotopic (exact) mass is 344 g/mol. The summed E-state index contributed by atoms with van der Waals surface area (Å²) in [7, 11) is 0. The van der Waals surface area contributed by atoms with Gasteiger partial charge in [0.1, 0.15) is 5.02 Å². The van der Waals surface area contributed by atoms with Gasteiger partial charge in [-0.2, -0.15) is 5.10 Å². The van der Waals surface area contributed by atoms with E-state index in [0.29, 0.717) is 30.2 Å². The Balaban J connectivity index is 1.78. The molecule has 7 heteroatoms. The molecule has 0 unspecified atom stereocenters. The van der Waals surface area contributed by atoms with Crippen LogP contribution >= 0.6 is 11.6 Å². The van der Waals surface area contributed by atoms with E-state index in [2.05, 4.69) is 21.5 Å². The van der Waals surface area contributed by atoms with E-state index in [4.69, 9.17) is 16.3 Å². The minimum Gasteiger partial charge on any atom is -0.450 e. The maximum absolute atomic E-state index is 11.3. The molecule has 2 aromatic heterocycles. The van der Waals surface area contributed by atoms with Crippen LogP contribution in [0.3, 0.4) is 0 Å². The Kier molecular flexibility index (Phi) is 4.96. The summed E-state index contributed by atoms with van der Waals surface area (Å²) in [6.45, 7) is 2.66. The van der Waals surface area contributed by atoms with Crippen LogP contribution in [0.1, 0.15) is 12.5 Å². The summed E-state index contributed by atoms with van der Waals surface area (Å²) in [5, 5.41) is 7.52. The second-order valence-corrected chi connectivity index (χ2v) is 5.56. The van der Waals surface area contributed by atoms with E-state index in [9.17, 15) is 4.79 Å². The summed E-state index contributed by atoms with van der Waals surface area (Å²) < 4.78 is 6.56. The van der Waals surface area contributed by atoms with Crippen LogP contribution in [-0.4, -0.2) is 33.8 Å². The van der Waals surface area contributed by atoms with Gasteiger partial charge in [-0.3, -0.25) is 0 Å². The van der Waals surface area contributed by atoms with Crippen LogP contribution in [0.2, 0.25) is 5.02 Å². The molecule has 1 amide bonds. The van der Waals surface area contributed by atoms with Gasteiger partial charge in [-0.25, -0.2) is 14.3 Å². The number of carbonyl (C=O) groups excluding carboxylic acids is 1. The number of nitrogens with zero attached hydrogens (tertiary/aromatic N) is 3. The third-order valence-electron chi connectivity index (χ3n) is 3.54. The second-order valence-electron chi connectivity index (χ2n) is 5.16. The zero-order valence-corrected chi connectivity index (χ0v) is 14.0. The topological polar surface area (TPSA) is 68.5 Å². The highest BCUT2D eigenvalue weighted by molar-refractivity contribution is 6.33. The molecule has 0 saturated heterocycles. The van der Waals surface area contributed by atoms with E-state index in [0.717, 1.165) is 16.8 Å². The van der Waals surface area contributed by atoms with Crippen LogP contribution in [0, 0.1) is 0 Å². The number of nitrogens with one attached hydrogen (secondary N) is 1. The van der Waals surface area contributed by atoms with Crippen molar-refractivity contribution in [3.63, 3.8) is 0 Å². The number of rotatable bonds is 5. The number of aromatic nitrogens is 3. The first-order valence-corrected chi connectivity index (χ1v) is 8.05. The number of amides is 1. The molecule has 1 N–H and O–H groups in total. The highest BCUT2D eigenvalue weighted by Gasteiger charge is 2.09. The molecule has 0 saturated carbocycles. The lowest BCUT2D eigenvalue weighted by molar-refractivity contribution is 0.152. The Morgan fingerprint density at radius 3 is 3.08 bits per heavy atom. The number of halogens is 1. The summed E-state index contributed by atoms with van der Waals surface area (Å²) in [6.07, 6.45) is 3.62. The van der Waals surface area contributed by atoms with E-state index in [1.54, 1.807) is 23.8 Å². The van der Waals surface area contributed by atoms with Gasteiger partial charge < -0.3 is 10.1 Å². The Morgan fingerprint density at radius 2 is 2.25 bits per heavy atom. The van der Waals surface area contributed by atoms with E-state index < -0.39 is 6.09 Å². The van der Waals surface area contributed by atoms with E-state index in [1.807, 2.05) is 24.3 Å². The SMILES string of the molecule is CCOC(=O)NCCc1cccc(-c2ccnc3c(Cl)cnn23)c1. The van der Waals surface area contributed by atoms with Crippen molar-refractivity contribution in [2.45, 2.75) is 13.3 Å². The highest BCUT2D eigenvalue weighted by Crippen LogP contribution is 2.23. The van der Waals surface area contributed by atoms with Crippen LogP contribution < -0.4 is 5.32 Å². The molecule has 3 rings (SSSR count). The van der Waals surface area contributed by atoms with Crippen molar-refractivity contribution in [3.05, 3.63) is 53.3 Å². The van der Waals surface area contributed by atoms with Crippen LogP contribution in [-0.2, 0) is 11.2 Å². The zero-order valence-electron chi connectivity index (χ0n) is 13.2. The van der Waals surface area contributed by atoms with Gasteiger partial charge in [0.15, 0.2) is 5.65 Å². The van der Waals surface area contributed by atoms with Crippen molar-refractivity contribution in [1.82, 2.24) is 19.9 Å². The standard InChI is InChI=1S/C17H17ClN4O2/c1-2-24-17(23)20-8-6-12-4-3-5-13(10-12)15-7-9-19-16-14(18)11-21-22(15)16/h3-5,7,9-11H,2,6,8H2,1H3,(H,20,23). The lowest BCUT2D eigenvalue weighted by Crippen LogP contribution is -2.26. The molecule has 0 aliphatic carbocycles. The minimum absolute atomic E-state index is 0.367. The Hall–Kier alpha value is -2.60. The fourth-order valence-electron chi connectivity index (χ4n) is 2.46. The molecular weight excluding hydrogens is 328 g/mol. The number of hydrogen-bond acceptors (Lipinski definition) is 4. The van der Waals surface area contributed by atoms with Gasteiger partial charge >= 0.3 is 6.09 Å². The normalized spacial score (nSPS) is 10.8. The lowest BCUT2D eigenvalue weighted by Gasteiger charge is -2.08. The number of alkyl carbamates (subject to hydrolysis) is 1. The van der Waals surface area contributed by atoms with E-state index in [1.165, 1.54) is 0 Å². The molecule has 6 nitrogen and oxygen atoms in total. The molecule has 0 bridgehead atoms. The van der Waals surface area contributed by atoms with Gasteiger partial charge in [0.05, 0.1) is 18.5 Å². The van der Waals surface area contributed by atoms with E-state index in [-0.39, 0.29) is 0 Å². The summed E-state index contributed by atoms with van der Waals surface area (Å²) in [5.74, 6) is 0.